The summed E-state index contributed by atoms with van der Waals surface area (Å²) in [5, 5.41) is 10.7. The van der Waals surface area contributed by atoms with Gasteiger partial charge in [0, 0.05) is 5.92 Å². The van der Waals surface area contributed by atoms with Gasteiger partial charge in [0.25, 0.3) is 0 Å². The number of rotatable bonds is 2. The maximum atomic E-state index is 12.1. The molecule has 0 amide bonds. The fourth-order valence-electron chi connectivity index (χ4n) is 2.90. The number of H-pyrrole nitrogens is 1. The van der Waals surface area contributed by atoms with Gasteiger partial charge in [0.05, 0.1) is 12.2 Å². The van der Waals surface area contributed by atoms with Crippen molar-refractivity contribution >= 4 is 5.97 Å². The minimum atomic E-state index is -0.529. The first-order chi connectivity index (χ1) is 8.94. The lowest BCUT2D eigenvalue weighted by atomic mass is 9.86. The van der Waals surface area contributed by atoms with E-state index in [0.29, 0.717) is 17.5 Å². The van der Waals surface area contributed by atoms with Crippen molar-refractivity contribution in [3.8, 4) is 0 Å². The van der Waals surface area contributed by atoms with E-state index in [-0.39, 0.29) is 12.0 Å². The zero-order valence-electron chi connectivity index (χ0n) is 11.5. The highest BCUT2D eigenvalue weighted by atomic mass is 16.6. The Balaban J connectivity index is 1.81. The van der Waals surface area contributed by atoms with Crippen molar-refractivity contribution in [2.45, 2.75) is 63.8 Å². The standard InChI is InChI=1S/C13H19N3O3/c1-13(2,3)19-12(17)11-10(14-16-15-11)8-6-7-4-5-9(8)18-7/h7-9H,4-6H2,1-3H3,(H,14,15,16). The molecule has 3 atom stereocenters. The highest BCUT2D eigenvalue weighted by Crippen LogP contribution is 2.44. The number of nitrogens with one attached hydrogen (secondary N) is 1. The summed E-state index contributed by atoms with van der Waals surface area (Å²) in [5.74, 6) is -0.251. The van der Waals surface area contributed by atoms with Crippen molar-refractivity contribution in [2.24, 2.45) is 0 Å². The molecule has 0 aliphatic carbocycles. The maximum absolute atomic E-state index is 12.1. The van der Waals surface area contributed by atoms with Crippen LogP contribution >= 0.6 is 0 Å². The van der Waals surface area contributed by atoms with Crippen molar-refractivity contribution in [1.82, 2.24) is 15.4 Å². The lowest BCUT2D eigenvalue weighted by Crippen LogP contribution is -2.26. The highest BCUT2D eigenvalue weighted by molar-refractivity contribution is 5.88. The first-order valence-corrected chi connectivity index (χ1v) is 6.73. The van der Waals surface area contributed by atoms with Crippen LogP contribution in [0, 0.1) is 0 Å². The van der Waals surface area contributed by atoms with Gasteiger partial charge in [-0.1, -0.05) is 0 Å². The Morgan fingerprint density at radius 1 is 1.37 bits per heavy atom. The van der Waals surface area contributed by atoms with Crippen LogP contribution in [-0.4, -0.2) is 39.2 Å². The van der Waals surface area contributed by atoms with E-state index in [1.165, 1.54) is 0 Å². The van der Waals surface area contributed by atoms with E-state index in [2.05, 4.69) is 15.4 Å². The van der Waals surface area contributed by atoms with Crippen LogP contribution < -0.4 is 0 Å². The van der Waals surface area contributed by atoms with Crippen LogP contribution in [0.15, 0.2) is 0 Å². The van der Waals surface area contributed by atoms with E-state index in [9.17, 15) is 4.79 Å². The number of hydrogen-bond acceptors (Lipinski definition) is 5. The van der Waals surface area contributed by atoms with Gasteiger partial charge in [-0.15, -0.1) is 5.10 Å². The van der Waals surface area contributed by atoms with Gasteiger partial charge in [0.15, 0.2) is 5.69 Å². The molecule has 3 heterocycles. The molecule has 104 valence electrons. The predicted octanol–water partition coefficient (Wildman–Crippen LogP) is 1.79. The van der Waals surface area contributed by atoms with E-state index in [0.717, 1.165) is 19.3 Å². The van der Waals surface area contributed by atoms with Crippen molar-refractivity contribution in [3.05, 3.63) is 11.4 Å². The second-order valence-corrected chi connectivity index (χ2v) is 6.28. The minimum Gasteiger partial charge on any atom is -0.455 e. The highest BCUT2D eigenvalue weighted by Gasteiger charge is 2.44. The van der Waals surface area contributed by atoms with Crippen LogP contribution in [0.2, 0.25) is 0 Å². The van der Waals surface area contributed by atoms with E-state index in [1.54, 1.807) is 0 Å². The first kappa shape index (κ1) is 12.6. The summed E-state index contributed by atoms with van der Waals surface area (Å²) in [6, 6.07) is 0. The Morgan fingerprint density at radius 2 is 2.16 bits per heavy atom. The topological polar surface area (TPSA) is 77.1 Å². The molecular formula is C13H19N3O3. The molecule has 6 nitrogen and oxygen atoms in total. The van der Waals surface area contributed by atoms with E-state index in [4.69, 9.17) is 9.47 Å². The monoisotopic (exact) mass is 265 g/mol. The number of aromatic amines is 1. The summed E-state index contributed by atoms with van der Waals surface area (Å²) in [6.45, 7) is 5.52. The molecule has 1 aromatic heterocycles. The fraction of sp³-hybridized carbons (Fsp3) is 0.769. The SMILES string of the molecule is CC(C)(C)OC(=O)c1n[nH]nc1C1CC2CCC1O2. The third kappa shape index (κ3) is 2.36. The lowest BCUT2D eigenvalue weighted by Gasteiger charge is -2.20. The molecule has 2 bridgehead atoms. The molecule has 1 N–H and O–H groups in total. The Morgan fingerprint density at radius 3 is 2.74 bits per heavy atom. The van der Waals surface area contributed by atoms with E-state index < -0.39 is 11.6 Å². The molecule has 2 aliphatic heterocycles. The number of aromatic nitrogens is 3. The minimum absolute atomic E-state index is 0.167. The number of hydrogen-bond donors (Lipinski definition) is 1. The molecule has 6 heteroatoms. The van der Waals surface area contributed by atoms with Crippen molar-refractivity contribution in [1.29, 1.82) is 0 Å². The molecule has 0 spiro atoms. The largest absolute Gasteiger partial charge is 0.455 e. The van der Waals surface area contributed by atoms with Crippen LogP contribution in [0.4, 0.5) is 0 Å². The lowest BCUT2D eigenvalue weighted by molar-refractivity contribution is 0.00605. The van der Waals surface area contributed by atoms with Gasteiger partial charge in [-0.2, -0.15) is 10.3 Å². The number of carbonyl (C=O) groups excluding carboxylic acids is 1. The normalized spacial score (nSPS) is 29.7. The van der Waals surface area contributed by atoms with Gasteiger partial charge in [-0.3, -0.25) is 0 Å². The molecule has 0 aromatic carbocycles. The van der Waals surface area contributed by atoms with Crippen LogP contribution in [0.5, 0.6) is 0 Å². The van der Waals surface area contributed by atoms with Crippen LogP contribution in [0.25, 0.3) is 0 Å². The molecule has 2 saturated heterocycles. The number of fused-ring (bicyclic) bond motifs is 2. The average molecular weight is 265 g/mol. The Bertz CT molecular complexity index is 492. The Labute approximate surface area is 111 Å². The quantitative estimate of drug-likeness (QED) is 0.825. The summed E-state index contributed by atoms with van der Waals surface area (Å²) < 4.78 is 11.2. The van der Waals surface area contributed by atoms with Gasteiger partial charge < -0.3 is 9.47 Å². The molecule has 19 heavy (non-hydrogen) atoms. The summed E-state index contributed by atoms with van der Waals surface area (Å²) in [5.41, 5.74) is 0.468. The summed E-state index contributed by atoms with van der Waals surface area (Å²) in [7, 11) is 0. The van der Waals surface area contributed by atoms with Crippen LogP contribution in [0.1, 0.15) is 62.1 Å². The zero-order valence-corrected chi connectivity index (χ0v) is 11.5. The zero-order chi connectivity index (χ0) is 13.6. The van der Waals surface area contributed by atoms with Crippen molar-refractivity contribution in [3.63, 3.8) is 0 Å². The van der Waals surface area contributed by atoms with E-state index in [1.807, 2.05) is 20.8 Å². The molecule has 1 aromatic rings. The number of esters is 1. The number of ether oxygens (including phenoxy) is 2. The van der Waals surface area contributed by atoms with Gasteiger partial charge >= 0.3 is 5.97 Å². The predicted molar refractivity (Wildman–Crippen MR) is 66.8 cm³/mol. The smallest absolute Gasteiger partial charge is 0.361 e. The van der Waals surface area contributed by atoms with Gasteiger partial charge in [-0.05, 0) is 40.0 Å². The number of carbonyl (C=O) groups is 1. The van der Waals surface area contributed by atoms with Crippen LogP contribution in [-0.2, 0) is 9.47 Å². The van der Waals surface area contributed by atoms with E-state index >= 15 is 0 Å². The molecule has 2 fully saturated rings. The summed E-state index contributed by atoms with van der Waals surface area (Å²) in [6.07, 6.45) is 3.57. The molecule has 0 radical (unpaired) electrons. The first-order valence-electron chi connectivity index (χ1n) is 6.73. The summed E-state index contributed by atoms with van der Waals surface area (Å²) in [4.78, 5) is 12.1. The molecule has 0 saturated carbocycles. The number of nitrogens with zero attached hydrogens (tertiary/aromatic N) is 2. The molecule has 3 rings (SSSR count). The Kier molecular flexibility index (Phi) is 2.85. The Hall–Kier alpha value is -1.43. The molecule has 3 unspecified atom stereocenters. The maximum Gasteiger partial charge on any atom is 0.361 e. The summed E-state index contributed by atoms with van der Waals surface area (Å²) >= 11 is 0. The molecular weight excluding hydrogens is 246 g/mol. The van der Waals surface area contributed by atoms with Gasteiger partial charge in [0.2, 0.25) is 0 Å². The third-order valence-corrected chi connectivity index (χ3v) is 3.62. The second-order valence-electron chi connectivity index (χ2n) is 6.28. The second kappa shape index (κ2) is 4.30. The third-order valence-electron chi connectivity index (χ3n) is 3.62. The van der Waals surface area contributed by atoms with Crippen molar-refractivity contribution in [2.75, 3.05) is 0 Å². The van der Waals surface area contributed by atoms with Gasteiger partial charge in [0.1, 0.15) is 11.3 Å². The van der Waals surface area contributed by atoms with Gasteiger partial charge in [-0.25, -0.2) is 4.79 Å². The van der Waals surface area contributed by atoms with Crippen LogP contribution in [0.3, 0.4) is 0 Å². The molecule has 2 aliphatic rings. The van der Waals surface area contributed by atoms with Crippen molar-refractivity contribution < 1.29 is 14.3 Å². The average Bonchev–Trinajstić information content (AvgIpc) is 3.02. The fourth-order valence-corrected chi connectivity index (χ4v) is 2.90.